The van der Waals surface area contributed by atoms with Crippen LogP contribution in [0.5, 0.6) is 0 Å². The van der Waals surface area contributed by atoms with Gasteiger partial charge in [-0.3, -0.25) is 4.79 Å². The summed E-state index contributed by atoms with van der Waals surface area (Å²) in [6, 6.07) is 0.305. The minimum Gasteiger partial charge on any atom is -0.464 e. The van der Waals surface area contributed by atoms with Crippen LogP contribution in [0.4, 0.5) is 0 Å². The molecule has 0 aromatic rings. The first kappa shape index (κ1) is 15.4. The lowest BCUT2D eigenvalue weighted by Crippen LogP contribution is -2.34. The molecular weight excluding hydrogens is 202 g/mol. The standard InChI is InChI=1S/C13H27NO2/c1-5-7-13(15)16-10-12(6-2)14-9-8-11(3)4/h11-12,14H,5-10H2,1-4H3. The van der Waals surface area contributed by atoms with Gasteiger partial charge in [0, 0.05) is 12.5 Å². The average molecular weight is 229 g/mol. The van der Waals surface area contributed by atoms with E-state index in [9.17, 15) is 4.79 Å². The van der Waals surface area contributed by atoms with Gasteiger partial charge in [-0.15, -0.1) is 0 Å². The Labute approximate surface area is 99.9 Å². The average Bonchev–Trinajstić information content (AvgIpc) is 2.23. The first-order chi connectivity index (χ1) is 7.60. The number of carbonyl (C=O) groups is 1. The summed E-state index contributed by atoms with van der Waals surface area (Å²) >= 11 is 0. The van der Waals surface area contributed by atoms with Crippen molar-refractivity contribution in [2.75, 3.05) is 13.2 Å². The lowest BCUT2D eigenvalue weighted by atomic mass is 10.1. The maximum atomic E-state index is 11.2. The number of hydrogen-bond donors (Lipinski definition) is 1. The summed E-state index contributed by atoms with van der Waals surface area (Å²) in [7, 11) is 0. The van der Waals surface area contributed by atoms with Gasteiger partial charge in [-0.25, -0.2) is 0 Å². The molecule has 0 heterocycles. The molecule has 0 aliphatic heterocycles. The van der Waals surface area contributed by atoms with Crippen LogP contribution in [0.3, 0.4) is 0 Å². The molecule has 0 spiro atoms. The zero-order valence-electron chi connectivity index (χ0n) is 11.2. The third-order valence-corrected chi connectivity index (χ3v) is 2.55. The predicted octanol–water partition coefficient (Wildman–Crippen LogP) is 2.74. The van der Waals surface area contributed by atoms with Gasteiger partial charge in [-0.1, -0.05) is 27.7 Å². The normalized spacial score (nSPS) is 12.8. The van der Waals surface area contributed by atoms with Crippen LogP contribution in [0, 0.1) is 5.92 Å². The van der Waals surface area contributed by atoms with Crippen molar-refractivity contribution in [3.8, 4) is 0 Å². The highest BCUT2D eigenvalue weighted by Crippen LogP contribution is 2.00. The fourth-order valence-electron chi connectivity index (χ4n) is 1.37. The van der Waals surface area contributed by atoms with Crippen molar-refractivity contribution < 1.29 is 9.53 Å². The van der Waals surface area contributed by atoms with Gasteiger partial charge >= 0.3 is 5.97 Å². The Morgan fingerprint density at radius 3 is 2.50 bits per heavy atom. The SMILES string of the molecule is CCCC(=O)OCC(CC)NCCC(C)C. The van der Waals surface area contributed by atoms with E-state index in [0.717, 1.165) is 19.4 Å². The van der Waals surface area contributed by atoms with Crippen molar-refractivity contribution in [3.63, 3.8) is 0 Å². The minimum atomic E-state index is -0.0772. The van der Waals surface area contributed by atoms with Crippen LogP contribution in [0.1, 0.15) is 53.4 Å². The third kappa shape index (κ3) is 8.72. The van der Waals surface area contributed by atoms with E-state index >= 15 is 0 Å². The fraction of sp³-hybridized carbons (Fsp3) is 0.923. The summed E-state index contributed by atoms with van der Waals surface area (Å²) in [5.41, 5.74) is 0. The Morgan fingerprint density at radius 1 is 1.31 bits per heavy atom. The van der Waals surface area contributed by atoms with Crippen LogP contribution < -0.4 is 5.32 Å². The Morgan fingerprint density at radius 2 is 2.00 bits per heavy atom. The van der Waals surface area contributed by atoms with Crippen molar-refractivity contribution in [1.29, 1.82) is 0 Å². The van der Waals surface area contributed by atoms with Crippen molar-refractivity contribution >= 4 is 5.97 Å². The van der Waals surface area contributed by atoms with Crippen LogP contribution in [0.25, 0.3) is 0 Å². The minimum absolute atomic E-state index is 0.0772. The van der Waals surface area contributed by atoms with Gasteiger partial charge in [-0.2, -0.15) is 0 Å². The van der Waals surface area contributed by atoms with Crippen LogP contribution in [-0.4, -0.2) is 25.2 Å². The van der Waals surface area contributed by atoms with Gasteiger partial charge in [0.25, 0.3) is 0 Å². The molecule has 0 radical (unpaired) electrons. The molecule has 3 heteroatoms. The molecular formula is C13H27NO2. The molecule has 0 amide bonds. The molecule has 1 atom stereocenters. The Bertz CT molecular complexity index is 181. The molecule has 0 saturated heterocycles. The van der Waals surface area contributed by atoms with Crippen LogP contribution in [-0.2, 0) is 9.53 Å². The van der Waals surface area contributed by atoms with E-state index in [1.165, 1.54) is 6.42 Å². The first-order valence-corrected chi connectivity index (χ1v) is 6.49. The second-order valence-corrected chi connectivity index (χ2v) is 4.67. The molecule has 96 valence electrons. The number of rotatable bonds is 9. The van der Waals surface area contributed by atoms with Crippen molar-refractivity contribution in [3.05, 3.63) is 0 Å². The summed E-state index contributed by atoms with van der Waals surface area (Å²) < 4.78 is 5.19. The summed E-state index contributed by atoms with van der Waals surface area (Å²) in [6.45, 7) is 10.0. The maximum absolute atomic E-state index is 11.2. The molecule has 1 unspecified atom stereocenters. The number of ether oxygens (including phenoxy) is 1. The molecule has 0 fully saturated rings. The molecule has 0 rings (SSSR count). The summed E-state index contributed by atoms with van der Waals surface area (Å²) in [5.74, 6) is 0.638. The molecule has 0 bridgehead atoms. The monoisotopic (exact) mass is 229 g/mol. The Kier molecular flexibility index (Phi) is 9.30. The van der Waals surface area contributed by atoms with E-state index in [4.69, 9.17) is 4.74 Å². The molecule has 0 aromatic heterocycles. The summed E-state index contributed by atoms with van der Waals surface area (Å²) in [5, 5.41) is 3.42. The van der Waals surface area contributed by atoms with E-state index in [0.29, 0.717) is 25.0 Å². The van der Waals surface area contributed by atoms with Gasteiger partial charge < -0.3 is 10.1 Å². The highest BCUT2D eigenvalue weighted by molar-refractivity contribution is 5.69. The smallest absolute Gasteiger partial charge is 0.305 e. The molecule has 16 heavy (non-hydrogen) atoms. The second-order valence-electron chi connectivity index (χ2n) is 4.67. The molecule has 0 aliphatic carbocycles. The van der Waals surface area contributed by atoms with E-state index < -0.39 is 0 Å². The van der Waals surface area contributed by atoms with Crippen LogP contribution in [0.15, 0.2) is 0 Å². The second kappa shape index (κ2) is 9.64. The summed E-state index contributed by atoms with van der Waals surface area (Å²) in [6.07, 6.45) is 3.55. The zero-order valence-corrected chi connectivity index (χ0v) is 11.2. The van der Waals surface area contributed by atoms with Gasteiger partial charge in [0.2, 0.25) is 0 Å². The van der Waals surface area contributed by atoms with Crippen LogP contribution in [0.2, 0.25) is 0 Å². The third-order valence-electron chi connectivity index (χ3n) is 2.55. The van der Waals surface area contributed by atoms with Crippen molar-refractivity contribution in [1.82, 2.24) is 5.32 Å². The lowest BCUT2D eigenvalue weighted by molar-refractivity contribution is -0.144. The van der Waals surface area contributed by atoms with E-state index in [-0.39, 0.29) is 5.97 Å². The van der Waals surface area contributed by atoms with Gasteiger partial charge in [-0.05, 0) is 31.7 Å². The first-order valence-electron chi connectivity index (χ1n) is 6.49. The summed E-state index contributed by atoms with van der Waals surface area (Å²) in [4.78, 5) is 11.2. The van der Waals surface area contributed by atoms with Gasteiger partial charge in [0.05, 0.1) is 0 Å². The maximum Gasteiger partial charge on any atom is 0.305 e. The van der Waals surface area contributed by atoms with E-state index in [2.05, 4.69) is 26.1 Å². The number of hydrogen-bond acceptors (Lipinski definition) is 3. The fourth-order valence-corrected chi connectivity index (χ4v) is 1.37. The largest absolute Gasteiger partial charge is 0.464 e. The Hall–Kier alpha value is -0.570. The van der Waals surface area contributed by atoms with Crippen molar-refractivity contribution in [2.24, 2.45) is 5.92 Å². The topological polar surface area (TPSA) is 38.3 Å². The highest BCUT2D eigenvalue weighted by atomic mass is 16.5. The predicted molar refractivity (Wildman–Crippen MR) is 67.4 cm³/mol. The molecule has 0 aliphatic rings. The highest BCUT2D eigenvalue weighted by Gasteiger charge is 2.08. The van der Waals surface area contributed by atoms with E-state index in [1.54, 1.807) is 0 Å². The molecule has 0 saturated carbocycles. The number of nitrogens with one attached hydrogen (secondary N) is 1. The number of carbonyl (C=O) groups excluding carboxylic acids is 1. The molecule has 3 nitrogen and oxygen atoms in total. The number of esters is 1. The quantitative estimate of drug-likeness (QED) is 0.618. The van der Waals surface area contributed by atoms with Crippen LogP contribution >= 0.6 is 0 Å². The molecule has 1 N–H and O–H groups in total. The lowest BCUT2D eigenvalue weighted by Gasteiger charge is -2.17. The van der Waals surface area contributed by atoms with Gasteiger partial charge in [0.15, 0.2) is 0 Å². The molecule has 0 aromatic carbocycles. The van der Waals surface area contributed by atoms with Gasteiger partial charge in [0.1, 0.15) is 6.61 Å². The van der Waals surface area contributed by atoms with Crippen molar-refractivity contribution in [2.45, 2.75) is 59.4 Å². The van der Waals surface area contributed by atoms with E-state index in [1.807, 2.05) is 6.92 Å². The Balaban J connectivity index is 3.62. The zero-order chi connectivity index (χ0) is 12.4.